The number of carbonyl (C=O) groups excluding carboxylic acids is 1. The summed E-state index contributed by atoms with van der Waals surface area (Å²) in [6.07, 6.45) is 0.266. The second kappa shape index (κ2) is 12.8. The van der Waals surface area contributed by atoms with E-state index in [9.17, 15) is 9.18 Å². The van der Waals surface area contributed by atoms with E-state index in [0.717, 1.165) is 56.6 Å². The summed E-state index contributed by atoms with van der Waals surface area (Å²) >= 11 is 0. The van der Waals surface area contributed by atoms with Gasteiger partial charge in [0.15, 0.2) is 0 Å². The standard InChI is InChI=1S/C38H32FN7O/c1-46(2)17-16-40-29-21-26(19-27(39)22-29)30-12-7-13-33-31(30)23-35(42-33)38-37-34(44-45-38)15-14-32(43-37)25-10-6-11-28(20-25)41-36(47)18-24-8-4-3-5-9-24/h3-5,7-10,12-15,19-23,40,42H,16-18H2,1-2H3,(H,41,47)(H,44,45). The van der Waals surface area contributed by atoms with Gasteiger partial charge in [0.05, 0.1) is 29.0 Å². The van der Waals surface area contributed by atoms with E-state index in [4.69, 9.17) is 4.98 Å². The molecule has 0 spiro atoms. The lowest BCUT2D eigenvalue weighted by Crippen LogP contribution is -2.20. The van der Waals surface area contributed by atoms with Crippen LogP contribution in [0.2, 0.25) is 0 Å². The average molecular weight is 622 g/mol. The summed E-state index contributed by atoms with van der Waals surface area (Å²) in [5.74, 6) is -0.431. The summed E-state index contributed by atoms with van der Waals surface area (Å²) in [5.41, 5.74) is 9.19. The molecule has 1 amide bonds. The van der Waals surface area contributed by atoms with Gasteiger partial charge in [-0.1, -0.05) is 48.5 Å². The van der Waals surface area contributed by atoms with E-state index in [1.54, 1.807) is 12.1 Å². The third-order valence-corrected chi connectivity index (χ3v) is 7.94. The van der Waals surface area contributed by atoms with Gasteiger partial charge in [-0.3, -0.25) is 9.89 Å². The molecule has 7 aromatic rings. The molecule has 232 valence electrons. The number of fused-ring (bicyclic) bond motifs is 2. The fraction of sp³-hybridized carbons (Fsp3) is 0.132. The highest BCUT2D eigenvalue weighted by Gasteiger charge is 2.16. The van der Waals surface area contributed by atoms with Crippen LogP contribution in [0, 0.1) is 17.9 Å². The minimum atomic E-state index is -0.299. The van der Waals surface area contributed by atoms with E-state index >= 15 is 0 Å². The zero-order valence-electron chi connectivity index (χ0n) is 26.0. The van der Waals surface area contributed by atoms with E-state index < -0.39 is 0 Å². The number of hydrogen-bond acceptors (Lipinski definition) is 5. The van der Waals surface area contributed by atoms with Crippen molar-refractivity contribution in [3.63, 3.8) is 0 Å². The summed E-state index contributed by atoms with van der Waals surface area (Å²) in [4.78, 5) is 23.2. The minimum Gasteiger partial charge on any atom is -0.384 e. The first-order valence-electron chi connectivity index (χ1n) is 15.3. The lowest BCUT2D eigenvalue weighted by atomic mass is 10.0. The minimum absolute atomic E-state index is 0.133. The van der Waals surface area contributed by atoms with Crippen molar-refractivity contribution in [2.45, 2.75) is 6.42 Å². The van der Waals surface area contributed by atoms with Gasteiger partial charge in [-0.2, -0.15) is 5.10 Å². The second-order valence-electron chi connectivity index (χ2n) is 11.7. The highest BCUT2D eigenvalue weighted by atomic mass is 19.1. The van der Waals surface area contributed by atoms with Gasteiger partial charge in [0.1, 0.15) is 17.0 Å². The molecule has 0 atom stereocenters. The molecular formula is C38H32FN7O. The molecule has 8 nitrogen and oxygen atoms in total. The van der Waals surface area contributed by atoms with E-state index in [0.29, 0.717) is 29.1 Å². The highest BCUT2D eigenvalue weighted by molar-refractivity contribution is 6.01. The van der Waals surface area contributed by atoms with Gasteiger partial charge in [-0.05, 0) is 91.4 Å². The Morgan fingerprint density at radius 3 is 2.66 bits per heavy atom. The van der Waals surface area contributed by atoms with Crippen molar-refractivity contribution in [3.05, 3.63) is 121 Å². The van der Waals surface area contributed by atoms with Crippen molar-refractivity contribution in [2.75, 3.05) is 37.8 Å². The number of halogens is 1. The number of H-pyrrole nitrogens is 2. The van der Waals surface area contributed by atoms with Crippen LogP contribution in [0.5, 0.6) is 0 Å². The molecule has 0 unspecified atom stereocenters. The quantitative estimate of drug-likeness (QED) is 0.128. The Bertz CT molecular complexity index is 2200. The molecule has 0 fully saturated rings. The van der Waals surface area contributed by atoms with E-state index in [2.05, 4.69) is 42.8 Å². The molecule has 9 heteroatoms. The number of carbonyl (C=O) groups is 1. The van der Waals surface area contributed by atoms with Gasteiger partial charge >= 0.3 is 0 Å². The number of amides is 1. The summed E-state index contributed by atoms with van der Waals surface area (Å²) in [6.45, 7) is 1.54. The molecule has 47 heavy (non-hydrogen) atoms. The number of nitrogens with zero attached hydrogens (tertiary/aromatic N) is 3. The lowest BCUT2D eigenvalue weighted by Gasteiger charge is -2.13. The van der Waals surface area contributed by atoms with Crippen molar-refractivity contribution < 1.29 is 9.18 Å². The third-order valence-electron chi connectivity index (χ3n) is 7.94. The van der Waals surface area contributed by atoms with Gasteiger partial charge in [-0.15, -0.1) is 0 Å². The van der Waals surface area contributed by atoms with Gasteiger partial charge in [-0.25, -0.2) is 9.37 Å². The van der Waals surface area contributed by atoms with Crippen LogP contribution < -0.4 is 10.6 Å². The lowest BCUT2D eigenvalue weighted by molar-refractivity contribution is -0.115. The number of nitrogens with one attached hydrogen (secondary N) is 4. The Morgan fingerprint density at radius 2 is 1.81 bits per heavy atom. The van der Waals surface area contributed by atoms with Crippen molar-refractivity contribution in [2.24, 2.45) is 0 Å². The van der Waals surface area contributed by atoms with Crippen LogP contribution in [0.15, 0.2) is 97.1 Å². The average Bonchev–Trinajstić information content (AvgIpc) is 3.69. The topological polar surface area (TPSA) is 102 Å². The number of aromatic amines is 2. The van der Waals surface area contributed by atoms with Crippen LogP contribution in [0.1, 0.15) is 5.56 Å². The fourth-order valence-electron chi connectivity index (χ4n) is 5.67. The first-order valence-corrected chi connectivity index (χ1v) is 15.3. The van der Waals surface area contributed by atoms with Crippen LogP contribution >= 0.6 is 0 Å². The largest absolute Gasteiger partial charge is 0.384 e. The van der Waals surface area contributed by atoms with Crippen LogP contribution in [-0.2, 0) is 11.2 Å². The summed E-state index contributed by atoms with van der Waals surface area (Å²) in [5, 5.41) is 14.9. The maximum Gasteiger partial charge on any atom is 0.229 e. The molecule has 0 aliphatic rings. The highest BCUT2D eigenvalue weighted by Crippen LogP contribution is 2.35. The first-order chi connectivity index (χ1) is 22.9. The Morgan fingerprint density at radius 1 is 0.936 bits per heavy atom. The molecule has 0 aliphatic heterocycles. The van der Waals surface area contributed by atoms with Crippen molar-refractivity contribution in [1.29, 1.82) is 0 Å². The Labute approximate surface area is 271 Å². The van der Waals surface area contributed by atoms with Gasteiger partial charge < -0.3 is 20.5 Å². The number of rotatable bonds is 10. The normalized spacial score (nSPS) is 11.2. The molecule has 7 rings (SSSR count). The molecule has 4 N–H and O–H groups in total. The number of benzene rings is 3. The molecule has 3 aromatic heterocycles. The van der Waals surface area contributed by atoms with Crippen LogP contribution in [-0.4, -0.2) is 58.2 Å². The maximum atomic E-state index is 14.8. The van der Waals surface area contributed by atoms with E-state index in [1.165, 1.54) is 6.07 Å². The number of likely N-dealkylation sites (N-methyl/N-ethyl adjacent to an activating group) is 1. The third kappa shape index (κ3) is 6.54. The molecule has 0 bridgehead atoms. The smallest absolute Gasteiger partial charge is 0.229 e. The molecule has 0 aliphatic carbocycles. The van der Waals surface area contributed by atoms with E-state index in [-0.39, 0.29) is 18.1 Å². The van der Waals surface area contributed by atoms with Crippen LogP contribution in [0.25, 0.3) is 55.7 Å². The summed E-state index contributed by atoms with van der Waals surface area (Å²) < 4.78 is 14.8. The Hall–Kier alpha value is -5.98. The van der Waals surface area contributed by atoms with Gasteiger partial charge in [0, 0.05) is 35.2 Å². The number of anilines is 2. The Kier molecular flexibility index (Phi) is 8.09. The van der Waals surface area contributed by atoms with E-state index in [1.807, 2.05) is 93.0 Å². The molecule has 0 saturated heterocycles. The molecule has 0 radical (unpaired) electrons. The molecule has 4 aromatic carbocycles. The van der Waals surface area contributed by atoms with Crippen LogP contribution in [0.4, 0.5) is 15.8 Å². The number of hydrogen-bond donors (Lipinski definition) is 4. The fourth-order valence-corrected chi connectivity index (χ4v) is 5.67. The predicted octanol–water partition coefficient (Wildman–Crippen LogP) is 7.33. The molecular weight excluding hydrogens is 589 g/mol. The van der Waals surface area contributed by atoms with Gasteiger partial charge in [0.2, 0.25) is 5.91 Å². The monoisotopic (exact) mass is 621 g/mol. The Balaban J connectivity index is 1.18. The van der Waals surface area contributed by atoms with Gasteiger partial charge in [0.25, 0.3) is 0 Å². The van der Waals surface area contributed by atoms with Crippen molar-refractivity contribution in [3.8, 4) is 33.8 Å². The predicted molar refractivity (Wildman–Crippen MR) is 186 cm³/mol. The molecule has 3 heterocycles. The first kappa shape index (κ1) is 29.7. The van der Waals surface area contributed by atoms with Crippen molar-refractivity contribution in [1.82, 2.24) is 25.1 Å². The summed E-state index contributed by atoms with van der Waals surface area (Å²) in [6, 6.07) is 36.1. The van der Waals surface area contributed by atoms with Crippen LogP contribution in [0.3, 0.4) is 0 Å². The number of aromatic nitrogens is 4. The SMILES string of the molecule is CN(C)CCNc1cc(F)cc(-c2cccc3[nH]c(-c4n[nH]c5ccc(-c6cc#cc(NC(=O)Cc7ccccc7)c6)nc45)cc23)c1. The zero-order valence-corrected chi connectivity index (χ0v) is 26.0. The second-order valence-corrected chi connectivity index (χ2v) is 11.7. The number of pyridine rings is 1. The zero-order chi connectivity index (χ0) is 32.3. The summed E-state index contributed by atoms with van der Waals surface area (Å²) in [7, 11) is 4.01. The molecule has 0 saturated carbocycles. The van der Waals surface area contributed by atoms with Crippen molar-refractivity contribution >= 4 is 39.2 Å². The maximum absolute atomic E-state index is 14.8.